The molecule has 0 aliphatic carbocycles. The molecular formula is C15H24O3Si. The number of carbonyl (C=O) groups excluding carboxylic acids is 1. The Labute approximate surface area is 117 Å². The monoisotopic (exact) mass is 280 g/mol. The molecule has 0 fully saturated rings. The first kappa shape index (κ1) is 15.9. The summed E-state index contributed by atoms with van der Waals surface area (Å²) in [5, 5.41) is 0. The molecule has 0 N–H and O–H groups in total. The number of rotatable bonds is 5. The lowest BCUT2D eigenvalue weighted by Crippen LogP contribution is -2.39. The molecule has 0 bridgehead atoms. The molecule has 106 valence electrons. The second-order valence-corrected chi connectivity index (χ2v) is 10.7. The van der Waals surface area contributed by atoms with Crippen LogP contribution < -0.4 is 0 Å². The number of ether oxygens (including phenoxy) is 1. The zero-order valence-corrected chi connectivity index (χ0v) is 13.7. The lowest BCUT2D eigenvalue weighted by atomic mass is 9.83. The van der Waals surface area contributed by atoms with E-state index in [9.17, 15) is 4.79 Å². The molecule has 0 saturated carbocycles. The summed E-state index contributed by atoms with van der Waals surface area (Å²) >= 11 is 0. The minimum absolute atomic E-state index is 0.250. The van der Waals surface area contributed by atoms with Crippen molar-refractivity contribution < 1.29 is 14.0 Å². The largest absolute Gasteiger partial charge is 0.469 e. The van der Waals surface area contributed by atoms with Crippen LogP contribution in [0.4, 0.5) is 0 Å². The number of hydrogen-bond acceptors (Lipinski definition) is 3. The lowest BCUT2D eigenvalue weighted by Gasteiger charge is -2.36. The molecule has 1 atom stereocenters. The molecule has 0 aliphatic rings. The summed E-state index contributed by atoms with van der Waals surface area (Å²) < 4.78 is 11.2. The Morgan fingerprint density at radius 3 is 2.11 bits per heavy atom. The van der Waals surface area contributed by atoms with Gasteiger partial charge in [-0.15, -0.1) is 0 Å². The molecule has 0 amide bonds. The van der Waals surface area contributed by atoms with Crippen LogP contribution in [0.1, 0.15) is 25.5 Å². The van der Waals surface area contributed by atoms with Crippen molar-refractivity contribution in [3.63, 3.8) is 0 Å². The van der Waals surface area contributed by atoms with Crippen LogP contribution in [0.15, 0.2) is 30.3 Å². The summed E-state index contributed by atoms with van der Waals surface area (Å²) in [5.74, 6) is -0.250. The van der Waals surface area contributed by atoms with Gasteiger partial charge >= 0.3 is 5.97 Å². The van der Waals surface area contributed by atoms with Crippen molar-refractivity contribution in [1.29, 1.82) is 0 Å². The van der Waals surface area contributed by atoms with Crippen LogP contribution >= 0.6 is 0 Å². The van der Waals surface area contributed by atoms with Crippen molar-refractivity contribution in [1.82, 2.24) is 0 Å². The standard InChI is InChI=1S/C15H24O3Si/c1-15(2,14(16)17-3)13(18-19(4,5)6)12-10-8-7-9-11-12/h7-11,13H,1-6H3/t13-/m0/s1. The van der Waals surface area contributed by atoms with E-state index in [-0.39, 0.29) is 12.1 Å². The van der Waals surface area contributed by atoms with Gasteiger partial charge < -0.3 is 9.16 Å². The first-order valence-corrected chi connectivity index (χ1v) is 9.90. The molecule has 0 unspecified atom stereocenters. The molecule has 0 heterocycles. The second-order valence-electron chi connectivity index (χ2n) is 6.23. The fourth-order valence-electron chi connectivity index (χ4n) is 1.98. The van der Waals surface area contributed by atoms with Gasteiger partial charge in [0.15, 0.2) is 8.32 Å². The highest BCUT2D eigenvalue weighted by Crippen LogP contribution is 2.39. The van der Waals surface area contributed by atoms with E-state index in [4.69, 9.17) is 9.16 Å². The third-order valence-electron chi connectivity index (χ3n) is 2.94. The fourth-order valence-corrected chi connectivity index (χ4v) is 3.12. The minimum atomic E-state index is -1.78. The minimum Gasteiger partial charge on any atom is -0.469 e. The van der Waals surface area contributed by atoms with Crippen LogP contribution in [-0.4, -0.2) is 21.4 Å². The topological polar surface area (TPSA) is 35.5 Å². The van der Waals surface area contributed by atoms with Gasteiger partial charge in [-0.05, 0) is 39.1 Å². The quantitative estimate of drug-likeness (QED) is 0.608. The maximum atomic E-state index is 12.0. The van der Waals surface area contributed by atoms with Crippen molar-refractivity contribution in [2.45, 2.75) is 39.6 Å². The predicted molar refractivity (Wildman–Crippen MR) is 79.4 cm³/mol. The van der Waals surface area contributed by atoms with E-state index in [1.165, 1.54) is 7.11 Å². The molecule has 0 saturated heterocycles. The Hall–Kier alpha value is -1.13. The fraction of sp³-hybridized carbons (Fsp3) is 0.533. The van der Waals surface area contributed by atoms with Gasteiger partial charge in [0.2, 0.25) is 0 Å². The van der Waals surface area contributed by atoms with Crippen LogP contribution in [0.3, 0.4) is 0 Å². The van der Waals surface area contributed by atoms with Crippen molar-refractivity contribution in [2.75, 3.05) is 7.11 Å². The highest BCUT2D eigenvalue weighted by atomic mass is 28.4. The van der Waals surface area contributed by atoms with Crippen LogP contribution in [0.25, 0.3) is 0 Å². The number of esters is 1. The van der Waals surface area contributed by atoms with Crippen LogP contribution in [-0.2, 0) is 14.0 Å². The highest BCUT2D eigenvalue weighted by molar-refractivity contribution is 6.69. The van der Waals surface area contributed by atoms with E-state index in [1.54, 1.807) is 0 Å². The predicted octanol–water partition coefficient (Wildman–Crippen LogP) is 3.78. The first-order chi connectivity index (χ1) is 8.68. The zero-order valence-electron chi connectivity index (χ0n) is 12.7. The van der Waals surface area contributed by atoms with Crippen LogP contribution in [0.5, 0.6) is 0 Å². The highest BCUT2D eigenvalue weighted by Gasteiger charge is 2.41. The number of carbonyl (C=O) groups is 1. The third-order valence-corrected chi connectivity index (χ3v) is 3.88. The van der Waals surface area contributed by atoms with E-state index in [2.05, 4.69) is 19.6 Å². The third kappa shape index (κ3) is 4.18. The van der Waals surface area contributed by atoms with Gasteiger partial charge in [-0.25, -0.2) is 0 Å². The van der Waals surface area contributed by atoms with E-state index in [1.807, 2.05) is 44.2 Å². The molecule has 4 heteroatoms. The molecule has 1 rings (SSSR count). The van der Waals surface area contributed by atoms with Gasteiger partial charge in [0, 0.05) is 0 Å². The maximum absolute atomic E-state index is 12.0. The average molecular weight is 280 g/mol. The molecule has 19 heavy (non-hydrogen) atoms. The van der Waals surface area contributed by atoms with Crippen molar-refractivity contribution in [2.24, 2.45) is 5.41 Å². The van der Waals surface area contributed by atoms with E-state index in [0.717, 1.165) is 5.56 Å². The average Bonchev–Trinajstić information content (AvgIpc) is 2.34. The molecular weight excluding hydrogens is 256 g/mol. The lowest BCUT2D eigenvalue weighted by molar-refractivity contribution is -0.156. The Morgan fingerprint density at radius 2 is 1.68 bits per heavy atom. The van der Waals surface area contributed by atoms with Gasteiger partial charge in [0.05, 0.1) is 18.6 Å². The number of benzene rings is 1. The number of methoxy groups -OCH3 is 1. The molecule has 1 aromatic carbocycles. The molecule has 1 aromatic rings. The maximum Gasteiger partial charge on any atom is 0.314 e. The summed E-state index contributed by atoms with van der Waals surface area (Å²) in [7, 11) is -0.362. The van der Waals surface area contributed by atoms with Crippen molar-refractivity contribution in [3.8, 4) is 0 Å². The Kier molecular flexibility index (Phi) is 4.93. The summed E-state index contributed by atoms with van der Waals surface area (Å²) in [6, 6.07) is 9.87. The Morgan fingerprint density at radius 1 is 1.16 bits per heavy atom. The molecule has 0 aliphatic heterocycles. The van der Waals surface area contributed by atoms with E-state index >= 15 is 0 Å². The van der Waals surface area contributed by atoms with Gasteiger partial charge in [0.25, 0.3) is 0 Å². The van der Waals surface area contributed by atoms with Crippen LogP contribution in [0, 0.1) is 5.41 Å². The van der Waals surface area contributed by atoms with Crippen LogP contribution in [0.2, 0.25) is 19.6 Å². The first-order valence-electron chi connectivity index (χ1n) is 6.49. The van der Waals surface area contributed by atoms with Gasteiger partial charge in [-0.3, -0.25) is 4.79 Å². The summed E-state index contributed by atoms with van der Waals surface area (Å²) in [6.45, 7) is 10.1. The van der Waals surface area contributed by atoms with Crippen molar-refractivity contribution in [3.05, 3.63) is 35.9 Å². The molecule has 0 radical (unpaired) electrons. The molecule has 0 spiro atoms. The normalized spacial score (nSPS) is 14.0. The molecule has 0 aromatic heterocycles. The van der Waals surface area contributed by atoms with Gasteiger partial charge in [-0.2, -0.15) is 0 Å². The zero-order chi connectivity index (χ0) is 14.7. The number of hydrogen-bond donors (Lipinski definition) is 0. The SMILES string of the molecule is COC(=O)C(C)(C)[C@@H](O[Si](C)(C)C)c1ccccc1. The Balaban J connectivity index is 3.17. The smallest absolute Gasteiger partial charge is 0.314 e. The van der Waals surface area contributed by atoms with Gasteiger partial charge in [0.1, 0.15) is 0 Å². The van der Waals surface area contributed by atoms with Gasteiger partial charge in [-0.1, -0.05) is 30.3 Å². The molecule has 3 nitrogen and oxygen atoms in total. The summed E-state index contributed by atoms with van der Waals surface area (Å²) in [5.41, 5.74) is 0.302. The van der Waals surface area contributed by atoms with Crippen molar-refractivity contribution >= 4 is 14.3 Å². The summed E-state index contributed by atoms with van der Waals surface area (Å²) in [6.07, 6.45) is -0.284. The van der Waals surface area contributed by atoms with E-state index in [0.29, 0.717) is 0 Å². The summed E-state index contributed by atoms with van der Waals surface area (Å²) in [4.78, 5) is 12.0. The van der Waals surface area contributed by atoms with E-state index < -0.39 is 13.7 Å². The second kappa shape index (κ2) is 5.88. The Bertz CT molecular complexity index is 421.